The van der Waals surface area contributed by atoms with E-state index in [0.29, 0.717) is 22.0 Å². The number of anilines is 2. The number of nitrogens with one attached hydrogen (secondary N) is 2. The number of halogens is 1. The highest BCUT2D eigenvalue weighted by atomic mass is 35.5. The Morgan fingerprint density at radius 3 is 2.03 bits per heavy atom. The molecule has 7 nitrogen and oxygen atoms in total. The van der Waals surface area contributed by atoms with Gasteiger partial charge in [-0.25, -0.2) is 4.79 Å². The summed E-state index contributed by atoms with van der Waals surface area (Å²) in [6, 6.07) is 12.5. The number of Topliss-reactive ketones (excluding diaryl/α,β-unsaturated/α-hetero) is 1. The fraction of sp³-hybridized carbons (Fsp3) is 0.238. The molecule has 0 aliphatic carbocycles. The zero-order chi connectivity index (χ0) is 21.4. The number of rotatable bonds is 8. The molecule has 2 aromatic carbocycles. The van der Waals surface area contributed by atoms with Gasteiger partial charge in [-0.15, -0.1) is 0 Å². The molecule has 2 rings (SSSR count). The lowest BCUT2D eigenvalue weighted by molar-refractivity contribution is -0.133. The Bertz CT molecular complexity index is 894. The number of carbonyl (C=O) groups excluding carboxylic acids is 4. The van der Waals surface area contributed by atoms with Gasteiger partial charge in [-0.3, -0.25) is 14.4 Å². The lowest BCUT2D eigenvalue weighted by Gasteiger charge is -2.14. The lowest BCUT2D eigenvalue weighted by Crippen LogP contribution is -2.32. The minimum absolute atomic E-state index is 0.260. The van der Waals surface area contributed by atoms with Gasteiger partial charge in [0.1, 0.15) is 11.7 Å². The van der Waals surface area contributed by atoms with Gasteiger partial charge in [-0.05, 0) is 62.4 Å². The Hall–Kier alpha value is -3.19. The lowest BCUT2D eigenvalue weighted by atomic mass is 9.99. The van der Waals surface area contributed by atoms with Crippen molar-refractivity contribution < 1.29 is 23.9 Å². The van der Waals surface area contributed by atoms with Gasteiger partial charge >= 0.3 is 5.97 Å². The van der Waals surface area contributed by atoms with Crippen molar-refractivity contribution in [1.29, 1.82) is 0 Å². The molecule has 2 N–H and O–H groups in total. The number of hydrogen-bond acceptors (Lipinski definition) is 5. The van der Waals surface area contributed by atoms with Crippen LogP contribution in [-0.2, 0) is 19.1 Å². The SMILES string of the molecule is CCOC(=O)c1ccc(NC(=O)C(CC(=O)Nc2ccc(Cl)cc2)C(C)=O)cc1. The molecule has 0 saturated heterocycles. The fourth-order valence-corrected chi connectivity index (χ4v) is 2.61. The highest BCUT2D eigenvalue weighted by Gasteiger charge is 2.26. The van der Waals surface area contributed by atoms with Gasteiger partial charge in [0.05, 0.1) is 12.2 Å². The maximum absolute atomic E-state index is 12.5. The van der Waals surface area contributed by atoms with E-state index in [1.165, 1.54) is 31.2 Å². The predicted molar refractivity (Wildman–Crippen MR) is 110 cm³/mol. The van der Waals surface area contributed by atoms with Crippen LogP contribution in [0.1, 0.15) is 30.6 Å². The van der Waals surface area contributed by atoms with E-state index in [0.717, 1.165) is 0 Å². The minimum Gasteiger partial charge on any atom is -0.462 e. The molecule has 0 radical (unpaired) electrons. The average Bonchev–Trinajstić information content (AvgIpc) is 2.68. The Morgan fingerprint density at radius 1 is 0.931 bits per heavy atom. The average molecular weight is 417 g/mol. The number of hydrogen-bond donors (Lipinski definition) is 2. The number of ketones is 1. The third kappa shape index (κ3) is 6.73. The van der Waals surface area contributed by atoms with Gasteiger partial charge in [0.25, 0.3) is 0 Å². The van der Waals surface area contributed by atoms with Crippen LogP contribution in [0.15, 0.2) is 48.5 Å². The predicted octanol–water partition coefficient (Wildman–Crippen LogP) is 3.69. The molecule has 0 heterocycles. The quantitative estimate of drug-likeness (QED) is 0.504. The van der Waals surface area contributed by atoms with Crippen LogP contribution in [0.4, 0.5) is 11.4 Å². The molecule has 0 fully saturated rings. The number of esters is 1. The molecule has 1 unspecified atom stereocenters. The highest BCUT2D eigenvalue weighted by molar-refractivity contribution is 6.30. The van der Waals surface area contributed by atoms with Gasteiger partial charge in [-0.2, -0.15) is 0 Å². The van der Waals surface area contributed by atoms with Crippen molar-refractivity contribution >= 4 is 46.5 Å². The van der Waals surface area contributed by atoms with Crippen LogP contribution < -0.4 is 10.6 Å². The van der Waals surface area contributed by atoms with Crippen molar-refractivity contribution in [2.75, 3.05) is 17.2 Å². The second-order valence-corrected chi connectivity index (χ2v) is 6.65. The molecule has 152 valence electrons. The van der Waals surface area contributed by atoms with Crippen LogP contribution in [0.3, 0.4) is 0 Å². The molecule has 0 aliphatic rings. The van der Waals surface area contributed by atoms with E-state index in [2.05, 4.69) is 10.6 Å². The first-order chi connectivity index (χ1) is 13.8. The first-order valence-corrected chi connectivity index (χ1v) is 9.32. The van der Waals surface area contributed by atoms with E-state index >= 15 is 0 Å². The molecule has 1 atom stereocenters. The standard InChI is InChI=1S/C21H21ClN2O5/c1-3-29-21(28)14-4-8-17(9-5-14)24-20(27)18(13(2)25)12-19(26)23-16-10-6-15(22)7-11-16/h4-11,18H,3,12H2,1-2H3,(H,23,26)(H,24,27). The molecule has 29 heavy (non-hydrogen) atoms. The summed E-state index contributed by atoms with van der Waals surface area (Å²) < 4.78 is 4.89. The van der Waals surface area contributed by atoms with E-state index in [1.54, 1.807) is 31.2 Å². The zero-order valence-corrected chi connectivity index (χ0v) is 16.8. The Balaban J connectivity index is 1.99. The summed E-state index contributed by atoms with van der Waals surface area (Å²) in [6.07, 6.45) is -0.301. The summed E-state index contributed by atoms with van der Waals surface area (Å²) in [6.45, 7) is 3.22. The van der Waals surface area contributed by atoms with Gasteiger partial charge < -0.3 is 15.4 Å². The molecular formula is C21H21ClN2O5. The second kappa shape index (κ2) is 10.4. The van der Waals surface area contributed by atoms with Crippen molar-refractivity contribution in [2.24, 2.45) is 5.92 Å². The van der Waals surface area contributed by atoms with E-state index in [4.69, 9.17) is 16.3 Å². The smallest absolute Gasteiger partial charge is 0.338 e. The van der Waals surface area contributed by atoms with Crippen LogP contribution >= 0.6 is 11.6 Å². The van der Waals surface area contributed by atoms with Crippen molar-refractivity contribution in [2.45, 2.75) is 20.3 Å². The largest absolute Gasteiger partial charge is 0.462 e. The molecule has 0 saturated carbocycles. The molecule has 2 aromatic rings. The molecule has 0 aliphatic heterocycles. The van der Waals surface area contributed by atoms with E-state index in [1.807, 2.05) is 0 Å². The van der Waals surface area contributed by atoms with E-state index in [9.17, 15) is 19.2 Å². The molecule has 8 heteroatoms. The van der Waals surface area contributed by atoms with Crippen molar-refractivity contribution in [3.8, 4) is 0 Å². The summed E-state index contributed by atoms with van der Waals surface area (Å²) >= 11 is 5.80. The number of benzene rings is 2. The Kier molecular flexibility index (Phi) is 7.91. The molecule has 0 spiro atoms. The third-order valence-electron chi connectivity index (χ3n) is 3.99. The summed E-state index contributed by atoms with van der Waals surface area (Å²) in [5, 5.41) is 5.74. The van der Waals surface area contributed by atoms with E-state index in [-0.39, 0.29) is 13.0 Å². The van der Waals surface area contributed by atoms with Gasteiger partial charge in [-0.1, -0.05) is 11.6 Å². The topological polar surface area (TPSA) is 102 Å². The fourth-order valence-electron chi connectivity index (χ4n) is 2.49. The number of ether oxygens (including phenoxy) is 1. The van der Waals surface area contributed by atoms with Crippen LogP contribution in [0, 0.1) is 5.92 Å². The van der Waals surface area contributed by atoms with Crippen molar-refractivity contribution in [3.05, 3.63) is 59.1 Å². The maximum Gasteiger partial charge on any atom is 0.338 e. The van der Waals surface area contributed by atoms with Crippen LogP contribution in [0.5, 0.6) is 0 Å². The number of amides is 2. The monoisotopic (exact) mass is 416 g/mol. The Morgan fingerprint density at radius 2 is 1.48 bits per heavy atom. The normalized spacial score (nSPS) is 11.3. The van der Waals surface area contributed by atoms with Gasteiger partial charge in [0.15, 0.2) is 0 Å². The van der Waals surface area contributed by atoms with Crippen molar-refractivity contribution in [1.82, 2.24) is 0 Å². The molecule has 2 amide bonds. The van der Waals surface area contributed by atoms with Gasteiger partial charge in [0, 0.05) is 22.8 Å². The molecule has 0 aromatic heterocycles. The van der Waals surface area contributed by atoms with Crippen LogP contribution in [0.25, 0.3) is 0 Å². The molecular weight excluding hydrogens is 396 g/mol. The second-order valence-electron chi connectivity index (χ2n) is 6.21. The third-order valence-corrected chi connectivity index (χ3v) is 4.24. The number of carbonyl (C=O) groups is 4. The summed E-state index contributed by atoms with van der Waals surface area (Å²) in [4.78, 5) is 48.3. The first-order valence-electron chi connectivity index (χ1n) is 8.94. The van der Waals surface area contributed by atoms with Crippen LogP contribution in [-0.4, -0.2) is 30.2 Å². The first kappa shape index (κ1) is 22.1. The summed E-state index contributed by atoms with van der Waals surface area (Å²) in [7, 11) is 0. The summed E-state index contributed by atoms with van der Waals surface area (Å²) in [5.74, 6) is -3.12. The summed E-state index contributed by atoms with van der Waals surface area (Å²) in [5.41, 5.74) is 1.25. The van der Waals surface area contributed by atoms with E-state index < -0.39 is 29.5 Å². The van der Waals surface area contributed by atoms with Crippen LogP contribution in [0.2, 0.25) is 5.02 Å². The highest BCUT2D eigenvalue weighted by Crippen LogP contribution is 2.17. The molecule has 0 bridgehead atoms. The minimum atomic E-state index is -1.15. The zero-order valence-electron chi connectivity index (χ0n) is 16.0. The van der Waals surface area contributed by atoms with Gasteiger partial charge in [0.2, 0.25) is 11.8 Å². The van der Waals surface area contributed by atoms with Crippen molar-refractivity contribution in [3.63, 3.8) is 0 Å². The Labute approximate surface area is 173 Å². The maximum atomic E-state index is 12.5.